The number of likely N-dealkylation sites (N-methyl/N-ethyl adjacent to an activating group) is 1. The van der Waals surface area contributed by atoms with Crippen LogP contribution in [0.2, 0.25) is 0 Å². The number of para-hydroxylation sites is 1. The highest BCUT2D eigenvalue weighted by atomic mass is 16.5. The fourth-order valence-electron chi connectivity index (χ4n) is 1.67. The number of amides is 1. The monoisotopic (exact) mass is 250 g/mol. The van der Waals surface area contributed by atoms with Crippen molar-refractivity contribution in [2.45, 2.75) is 25.8 Å². The minimum Gasteiger partial charge on any atom is -0.496 e. The summed E-state index contributed by atoms with van der Waals surface area (Å²) in [5, 5.41) is 0. The minimum atomic E-state index is 0.0835. The van der Waals surface area contributed by atoms with Gasteiger partial charge in [0, 0.05) is 25.2 Å². The maximum atomic E-state index is 12.0. The number of carbonyl (C=O) groups is 1. The molecule has 2 N–H and O–H groups in total. The number of hydrogen-bond acceptors (Lipinski definition) is 3. The summed E-state index contributed by atoms with van der Waals surface area (Å²) in [5.41, 5.74) is 6.60. The van der Waals surface area contributed by atoms with Gasteiger partial charge in [-0.25, -0.2) is 0 Å². The maximum Gasteiger partial charge on any atom is 0.226 e. The quantitative estimate of drug-likeness (QED) is 0.831. The van der Waals surface area contributed by atoms with E-state index in [-0.39, 0.29) is 11.9 Å². The molecule has 1 amide bonds. The standard InChI is InChI=1S/C14H22N2O2/c1-11(15)8-9-16(2)14(17)10-12-6-4-5-7-13(12)18-3/h4-7,11H,8-10,15H2,1-3H3. The molecule has 0 aliphatic heterocycles. The topological polar surface area (TPSA) is 55.6 Å². The minimum absolute atomic E-state index is 0.0835. The van der Waals surface area contributed by atoms with E-state index in [1.165, 1.54) is 0 Å². The molecule has 100 valence electrons. The van der Waals surface area contributed by atoms with Crippen LogP contribution in [0.4, 0.5) is 0 Å². The van der Waals surface area contributed by atoms with E-state index >= 15 is 0 Å². The summed E-state index contributed by atoms with van der Waals surface area (Å²) in [4.78, 5) is 13.7. The number of nitrogens with zero attached hydrogens (tertiary/aromatic N) is 1. The summed E-state index contributed by atoms with van der Waals surface area (Å²) < 4.78 is 5.23. The molecule has 1 aromatic carbocycles. The first-order valence-electron chi connectivity index (χ1n) is 6.16. The van der Waals surface area contributed by atoms with Gasteiger partial charge in [-0.1, -0.05) is 18.2 Å². The van der Waals surface area contributed by atoms with Crippen molar-refractivity contribution in [2.75, 3.05) is 20.7 Å². The Kier molecular flexibility index (Phi) is 5.65. The van der Waals surface area contributed by atoms with Gasteiger partial charge in [0.2, 0.25) is 5.91 Å². The van der Waals surface area contributed by atoms with Crippen LogP contribution in [0.5, 0.6) is 5.75 Å². The molecule has 0 heterocycles. The Morgan fingerprint density at radius 3 is 2.72 bits per heavy atom. The normalized spacial score (nSPS) is 12.0. The summed E-state index contributed by atoms with van der Waals surface area (Å²) >= 11 is 0. The first-order valence-corrected chi connectivity index (χ1v) is 6.16. The number of methoxy groups -OCH3 is 1. The van der Waals surface area contributed by atoms with Gasteiger partial charge in [-0.15, -0.1) is 0 Å². The Balaban J connectivity index is 2.58. The van der Waals surface area contributed by atoms with Crippen molar-refractivity contribution >= 4 is 5.91 Å². The number of hydrogen-bond donors (Lipinski definition) is 1. The molecule has 0 saturated heterocycles. The Morgan fingerprint density at radius 1 is 1.44 bits per heavy atom. The van der Waals surface area contributed by atoms with Crippen molar-refractivity contribution in [3.63, 3.8) is 0 Å². The van der Waals surface area contributed by atoms with Crippen molar-refractivity contribution in [3.05, 3.63) is 29.8 Å². The van der Waals surface area contributed by atoms with Gasteiger partial charge in [-0.2, -0.15) is 0 Å². The molecule has 0 aromatic heterocycles. The van der Waals surface area contributed by atoms with Gasteiger partial charge < -0.3 is 15.4 Å². The van der Waals surface area contributed by atoms with Crippen LogP contribution in [0.3, 0.4) is 0 Å². The predicted octanol–water partition coefficient (Wildman–Crippen LogP) is 1.43. The molecule has 0 radical (unpaired) electrons. The van der Waals surface area contributed by atoms with Crippen LogP contribution in [-0.2, 0) is 11.2 Å². The van der Waals surface area contributed by atoms with Crippen molar-refractivity contribution in [1.82, 2.24) is 4.90 Å². The molecular weight excluding hydrogens is 228 g/mol. The van der Waals surface area contributed by atoms with Crippen LogP contribution in [0.15, 0.2) is 24.3 Å². The van der Waals surface area contributed by atoms with E-state index in [0.29, 0.717) is 13.0 Å². The SMILES string of the molecule is COc1ccccc1CC(=O)N(C)CCC(C)N. The van der Waals surface area contributed by atoms with E-state index in [0.717, 1.165) is 17.7 Å². The van der Waals surface area contributed by atoms with E-state index < -0.39 is 0 Å². The number of nitrogens with two attached hydrogens (primary N) is 1. The molecule has 0 spiro atoms. The van der Waals surface area contributed by atoms with Gasteiger partial charge in [-0.05, 0) is 19.4 Å². The van der Waals surface area contributed by atoms with E-state index in [1.54, 1.807) is 19.1 Å². The fraction of sp³-hybridized carbons (Fsp3) is 0.500. The number of carbonyl (C=O) groups excluding carboxylic acids is 1. The van der Waals surface area contributed by atoms with Crippen LogP contribution < -0.4 is 10.5 Å². The molecule has 1 rings (SSSR count). The Morgan fingerprint density at radius 2 is 2.11 bits per heavy atom. The molecular formula is C14H22N2O2. The lowest BCUT2D eigenvalue weighted by atomic mass is 10.1. The first kappa shape index (κ1) is 14.5. The summed E-state index contributed by atoms with van der Waals surface area (Å²) in [7, 11) is 3.42. The van der Waals surface area contributed by atoms with Crippen LogP contribution in [0.1, 0.15) is 18.9 Å². The third-order valence-corrected chi connectivity index (χ3v) is 2.88. The van der Waals surface area contributed by atoms with Crippen molar-refractivity contribution in [1.29, 1.82) is 0 Å². The van der Waals surface area contributed by atoms with Crippen LogP contribution in [-0.4, -0.2) is 37.6 Å². The van der Waals surface area contributed by atoms with E-state index in [4.69, 9.17) is 10.5 Å². The number of benzene rings is 1. The number of rotatable bonds is 6. The summed E-state index contributed by atoms with van der Waals surface area (Å²) in [6, 6.07) is 7.70. The number of ether oxygens (including phenoxy) is 1. The smallest absolute Gasteiger partial charge is 0.226 e. The van der Waals surface area contributed by atoms with Crippen molar-refractivity contribution in [2.24, 2.45) is 5.73 Å². The van der Waals surface area contributed by atoms with Crippen molar-refractivity contribution < 1.29 is 9.53 Å². The molecule has 4 heteroatoms. The molecule has 18 heavy (non-hydrogen) atoms. The molecule has 1 unspecified atom stereocenters. The van der Waals surface area contributed by atoms with Gasteiger partial charge in [0.15, 0.2) is 0 Å². The average molecular weight is 250 g/mol. The Bertz CT molecular complexity index is 391. The molecule has 0 bridgehead atoms. The van der Waals surface area contributed by atoms with E-state index in [9.17, 15) is 4.79 Å². The molecule has 0 fully saturated rings. The first-order chi connectivity index (χ1) is 8.54. The third kappa shape index (κ3) is 4.37. The third-order valence-electron chi connectivity index (χ3n) is 2.88. The predicted molar refractivity (Wildman–Crippen MR) is 72.6 cm³/mol. The Labute approximate surface area is 109 Å². The zero-order valence-electron chi connectivity index (χ0n) is 11.3. The summed E-state index contributed by atoms with van der Waals surface area (Å²) in [6.45, 7) is 2.63. The lowest BCUT2D eigenvalue weighted by Gasteiger charge is -2.19. The van der Waals surface area contributed by atoms with Crippen LogP contribution in [0, 0.1) is 0 Å². The van der Waals surface area contributed by atoms with Crippen LogP contribution in [0.25, 0.3) is 0 Å². The van der Waals surface area contributed by atoms with Crippen molar-refractivity contribution in [3.8, 4) is 5.75 Å². The highest BCUT2D eigenvalue weighted by molar-refractivity contribution is 5.79. The Hall–Kier alpha value is -1.55. The molecule has 0 aliphatic rings. The van der Waals surface area contributed by atoms with Crippen LogP contribution >= 0.6 is 0 Å². The lowest BCUT2D eigenvalue weighted by molar-refractivity contribution is -0.129. The fourth-order valence-corrected chi connectivity index (χ4v) is 1.67. The van der Waals surface area contributed by atoms with Gasteiger partial charge >= 0.3 is 0 Å². The molecule has 0 saturated carbocycles. The maximum absolute atomic E-state index is 12.0. The second kappa shape index (κ2) is 7.01. The van der Waals surface area contributed by atoms with Gasteiger partial charge in [-0.3, -0.25) is 4.79 Å². The molecule has 1 atom stereocenters. The average Bonchev–Trinajstić information content (AvgIpc) is 2.36. The summed E-state index contributed by atoms with van der Waals surface area (Å²) in [6.07, 6.45) is 1.17. The highest BCUT2D eigenvalue weighted by Gasteiger charge is 2.12. The summed E-state index contributed by atoms with van der Waals surface area (Å²) in [5.74, 6) is 0.839. The van der Waals surface area contributed by atoms with Gasteiger partial charge in [0.05, 0.1) is 13.5 Å². The molecule has 0 aliphatic carbocycles. The molecule has 1 aromatic rings. The van der Waals surface area contributed by atoms with Gasteiger partial charge in [0.25, 0.3) is 0 Å². The zero-order valence-corrected chi connectivity index (χ0v) is 11.3. The largest absolute Gasteiger partial charge is 0.496 e. The lowest BCUT2D eigenvalue weighted by Crippen LogP contribution is -2.32. The zero-order chi connectivity index (χ0) is 13.5. The van der Waals surface area contributed by atoms with E-state index in [1.807, 2.05) is 31.2 Å². The second-order valence-electron chi connectivity index (χ2n) is 4.57. The van der Waals surface area contributed by atoms with Gasteiger partial charge in [0.1, 0.15) is 5.75 Å². The second-order valence-corrected chi connectivity index (χ2v) is 4.57. The molecule has 4 nitrogen and oxygen atoms in total. The highest BCUT2D eigenvalue weighted by Crippen LogP contribution is 2.18. The van der Waals surface area contributed by atoms with E-state index in [2.05, 4.69) is 0 Å².